The van der Waals surface area contributed by atoms with E-state index in [1.54, 1.807) is 61.8 Å². The van der Waals surface area contributed by atoms with Gasteiger partial charge in [0.2, 0.25) is 0 Å². The van der Waals surface area contributed by atoms with Crippen LogP contribution in [-0.4, -0.2) is 77.5 Å². The van der Waals surface area contributed by atoms with Gasteiger partial charge >= 0.3 is 11.9 Å². The number of aromatic nitrogens is 6. The molecule has 0 spiro atoms. The third kappa shape index (κ3) is 11.0. The molecule has 0 radical (unpaired) electrons. The summed E-state index contributed by atoms with van der Waals surface area (Å²) in [6, 6.07) is 7.25. The largest absolute Gasteiger partial charge is 0.496 e. The Balaban J connectivity index is 0.000000290. The Kier molecular flexibility index (Phi) is 15.6. The first-order valence-electron chi connectivity index (χ1n) is 17.1. The van der Waals surface area contributed by atoms with Gasteiger partial charge in [-0.15, -0.1) is 0 Å². The van der Waals surface area contributed by atoms with Gasteiger partial charge in [-0.05, 0) is 60.6 Å². The fourth-order valence-electron chi connectivity index (χ4n) is 5.97. The van der Waals surface area contributed by atoms with Crippen molar-refractivity contribution in [3.63, 3.8) is 0 Å². The average Bonchev–Trinajstić information content (AvgIpc) is 3.68. The number of methoxy groups -OCH3 is 2. The van der Waals surface area contributed by atoms with Gasteiger partial charge < -0.3 is 28.5 Å². The van der Waals surface area contributed by atoms with Crippen molar-refractivity contribution in [2.45, 2.75) is 67.2 Å². The van der Waals surface area contributed by atoms with Crippen molar-refractivity contribution >= 4 is 81.2 Å². The van der Waals surface area contributed by atoms with Crippen LogP contribution in [0.3, 0.4) is 0 Å². The zero-order valence-corrected chi connectivity index (χ0v) is 35.6. The van der Waals surface area contributed by atoms with E-state index >= 15 is 0 Å². The van der Waals surface area contributed by atoms with Crippen molar-refractivity contribution in [2.75, 3.05) is 14.2 Å². The molecule has 6 aromatic rings. The van der Waals surface area contributed by atoms with Crippen LogP contribution in [0.25, 0.3) is 44.1 Å². The number of carbonyl (C=O) groups is 4. The van der Waals surface area contributed by atoms with Crippen molar-refractivity contribution < 1.29 is 38.5 Å². The molecule has 0 bridgehead atoms. The zero-order valence-electron chi connectivity index (χ0n) is 33.0. The average molecular weight is 833 g/mol. The lowest BCUT2D eigenvalue weighted by molar-refractivity contribution is -0.155. The predicted octanol–water partition coefficient (Wildman–Crippen LogP) is 6.77. The standard InChI is InChI=1S/C22H25N3O4.C18H17N3O4.S2.H2S/c1-13(26)18-11-25(12-21(27)29-22(3,4)5)19-8-20(28-6)16(7-17(18)19)15-9-23-14(2)24-10-15;1-10(22)15-8-21(9-18(23)24)16-5-17(25-3)13(4-14(15)16)12-6-19-11(2)20-7-12;1-2;/h7-11H,12H2,1-6H3;4-8H,9H2,1-3H3,(H,23,24);;1H2. The number of ether oxygens (including phenoxy) is 3. The molecule has 0 aliphatic rings. The highest BCUT2D eigenvalue weighted by molar-refractivity contribution is 8.07. The number of esters is 1. The fourth-order valence-corrected chi connectivity index (χ4v) is 5.97. The summed E-state index contributed by atoms with van der Waals surface area (Å²) in [5.41, 5.74) is 4.81. The molecule has 4 aromatic heterocycles. The summed E-state index contributed by atoms with van der Waals surface area (Å²) < 4.78 is 19.7. The molecule has 2 aromatic carbocycles. The Labute approximate surface area is 346 Å². The first-order valence-corrected chi connectivity index (χ1v) is 18.4. The second-order valence-corrected chi connectivity index (χ2v) is 13.6. The van der Waals surface area contributed by atoms with Crippen LogP contribution in [0.15, 0.2) is 61.4 Å². The van der Waals surface area contributed by atoms with Gasteiger partial charge in [0.1, 0.15) is 41.8 Å². The highest BCUT2D eigenvalue weighted by atomic mass is 32.8. The maximum absolute atomic E-state index is 12.3. The monoisotopic (exact) mass is 832 g/mol. The molecule has 0 fully saturated rings. The van der Waals surface area contributed by atoms with Gasteiger partial charge in [-0.2, -0.15) is 13.5 Å². The van der Waals surface area contributed by atoms with E-state index in [1.807, 2.05) is 45.9 Å². The molecule has 0 aliphatic heterocycles. The molecular formula is C40H44N6O8S3. The Morgan fingerprint density at radius 1 is 0.684 bits per heavy atom. The van der Waals surface area contributed by atoms with Gasteiger partial charge in [0.15, 0.2) is 11.6 Å². The second kappa shape index (κ2) is 19.5. The number of rotatable bonds is 10. The number of hydrogen-bond acceptors (Lipinski definition) is 13. The van der Waals surface area contributed by atoms with Gasteiger partial charge in [-0.25, -0.2) is 19.9 Å². The normalized spacial score (nSPS) is 10.7. The third-order valence-electron chi connectivity index (χ3n) is 8.37. The van der Waals surface area contributed by atoms with E-state index in [1.165, 1.54) is 25.5 Å². The lowest BCUT2D eigenvalue weighted by atomic mass is 10.0. The molecule has 0 amide bonds. The number of Topliss-reactive ketones (excluding diaryl/α,β-unsaturated/α-hetero) is 2. The highest BCUT2D eigenvalue weighted by Gasteiger charge is 2.22. The van der Waals surface area contributed by atoms with E-state index in [-0.39, 0.29) is 44.1 Å². The van der Waals surface area contributed by atoms with Crippen molar-refractivity contribution in [1.82, 2.24) is 29.1 Å². The predicted molar refractivity (Wildman–Crippen MR) is 227 cm³/mol. The van der Waals surface area contributed by atoms with Crippen molar-refractivity contribution in [2.24, 2.45) is 0 Å². The third-order valence-corrected chi connectivity index (χ3v) is 8.37. The number of hydrogen-bond donors (Lipinski definition) is 1. The Morgan fingerprint density at radius 2 is 1.05 bits per heavy atom. The summed E-state index contributed by atoms with van der Waals surface area (Å²) in [6.45, 7) is 11.8. The minimum atomic E-state index is -0.984. The van der Waals surface area contributed by atoms with Gasteiger partial charge in [0.05, 0.1) is 25.3 Å². The van der Waals surface area contributed by atoms with Crippen LogP contribution in [0.2, 0.25) is 0 Å². The van der Waals surface area contributed by atoms with Gasteiger partial charge in [0.25, 0.3) is 0 Å². The SMILES string of the molecule is COc1cc2c(cc1-c1cnc(C)nc1)c(C(C)=O)cn2CC(=O)O.COc1cc2c(cc1-c1cnc(C)nc1)c(C(C)=O)cn2CC(=O)OC(C)(C)C.S.S=S. The maximum atomic E-state index is 12.3. The first kappa shape index (κ1) is 45.7. The smallest absolute Gasteiger partial charge is 0.326 e. The molecule has 300 valence electrons. The molecule has 17 heteroatoms. The van der Waals surface area contributed by atoms with Crippen LogP contribution in [0.1, 0.15) is 67.0 Å². The molecule has 14 nitrogen and oxygen atoms in total. The van der Waals surface area contributed by atoms with Crippen LogP contribution in [0.4, 0.5) is 0 Å². The molecule has 57 heavy (non-hydrogen) atoms. The molecule has 0 unspecified atom stereocenters. The fraction of sp³-hybridized carbons (Fsp3) is 0.300. The van der Waals surface area contributed by atoms with E-state index in [9.17, 15) is 19.2 Å². The van der Waals surface area contributed by atoms with Crippen LogP contribution < -0.4 is 9.47 Å². The lowest BCUT2D eigenvalue weighted by Crippen LogP contribution is -2.26. The summed E-state index contributed by atoms with van der Waals surface area (Å²) in [5.74, 6) is 0.895. The number of fused-ring (bicyclic) bond motifs is 2. The number of ketones is 2. The highest BCUT2D eigenvalue weighted by Crippen LogP contribution is 2.37. The zero-order chi connectivity index (χ0) is 41.5. The number of aryl methyl sites for hydroxylation is 2. The number of nitrogens with zero attached hydrogens (tertiary/aromatic N) is 6. The minimum Gasteiger partial charge on any atom is -0.496 e. The number of benzene rings is 2. The van der Waals surface area contributed by atoms with Crippen LogP contribution in [-0.2, 0) is 49.8 Å². The summed E-state index contributed by atoms with van der Waals surface area (Å²) in [7, 11) is 3.11. The first-order chi connectivity index (χ1) is 26.5. The Morgan fingerprint density at radius 3 is 1.37 bits per heavy atom. The molecule has 1 N–H and O–H groups in total. The van der Waals surface area contributed by atoms with Gasteiger partial charge in [0, 0.05) is 116 Å². The summed E-state index contributed by atoms with van der Waals surface area (Å²) in [5, 5.41) is 10.5. The summed E-state index contributed by atoms with van der Waals surface area (Å²) in [6.07, 6.45) is 10.1. The second-order valence-electron chi connectivity index (χ2n) is 13.6. The number of aliphatic carboxylic acids is 1. The van der Waals surface area contributed by atoms with E-state index < -0.39 is 11.6 Å². The van der Waals surface area contributed by atoms with E-state index in [0.717, 1.165) is 33.2 Å². The lowest BCUT2D eigenvalue weighted by Gasteiger charge is -2.20. The van der Waals surface area contributed by atoms with E-state index in [4.69, 9.17) is 19.3 Å². The number of carboxylic acid groups (broad SMARTS) is 1. The van der Waals surface area contributed by atoms with Crippen molar-refractivity contribution in [1.29, 1.82) is 0 Å². The molecular weight excluding hydrogens is 789 g/mol. The topological polar surface area (TPSA) is 178 Å². The van der Waals surface area contributed by atoms with E-state index in [2.05, 4.69) is 42.3 Å². The quantitative estimate of drug-likeness (QED) is 0.113. The molecule has 6 rings (SSSR count). The maximum Gasteiger partial charge on any atom is 0.326 e. The Bertz CT molecular complexity index is 2420. The summed E-state index contributed by atoms with van der Waals surface area (Å²) >= 11 is 7.33. The molecule has 0 saturated carbocycles. The molecule has 0 aliphatic carbocycles. The van der Waals surface area contributed by atoms with Crippen LogP contribution in [0.5, 0.6) is 11.5 Å². The van der Waals surface area contributed by atoms with Gasteiger partial charge in [-0.1, -0.05) is 0 Å². The Hall–Kier alpha value is -5.65. The van der Waals surface area contributed by atoms with E-state index in [0.29, 0.717) is 45.2 Å². The molecule has 0 saturated heterocycles. The number of carboxylic acids is 1. The molecule has 0 atom stereocenters. The molecule has 4 heterocycles. The van der Waals surface area contributed by atoms with Crippen LogP contribution in [0, 0.1) is 13.8 Å². The van der Waals surface area contributed by atoms with Crippen molar-refractivity contribution in [3.05, 3.63) is 84.2 Å². The number of carbonyl (C=O) groups excluding carboxylic acids is 3. The van der Waals surface area contributed by atoms with Gasteiger partial charge in [-0.3, -0.25) is 19.2 Å². The summed E-state index contributed by atoms with van der Waals surface area (Å²) in [4.78, 5) is 64.6. The minimum absolute atomic E-state index is 0. The van der Waals surface area contributed by atoms with Crippen LogP contribution >= 0.6 is 13.5 Å². The van der Waals surface area contributed by atoms with Crippen molar-refractivity contribution in [3.8, 4) is 33.8 Å².